The number of hydrogen-bond donors (Lipinski definition) is 2. The fourth-order valence-electron chi connectivity index (χ4n) is 2.96. The van der Waals surface area contributed by atoms with Gasteiger partial charge in [-0.05, 0) is 12.8 Å². The van der Waals surface area contributed by atoms with E-state index in [1.165, 1.54) is 17.7 Å². The van der Waals surface area contributed by atoms with Crippen LogP contribution in [0.15, 0.2) is 18.6 Å². The van der Waals surface area contributed by atoms with Crippen LogP contribution in [0.5, 0.6) is 0 Å². The summed E-state index contributed by atoms with van der Waals surface area (Å²) in [6.07, 6.45) is 4.72. The van der Waals surface area contributed by atoms with Gasteiger partial charge < -0.3 is 20.7 Å². The molecule has 1 saturated heterocycles. The van der Waals surface area contributed by atoms with Gasteiger partial charge in [0.25, 0.3) is 0 Å². The molecule has 3 N–H and O–H groups in total. The number of nitrogen functional groups attached to an aromatic ring is 1. The van der Waals surface area contributed by atoms with Gasteiger partial charge in [-0.25, -0.2) is 24.3 Å². The van der Waals surface area contributed by atoms with E-state index >= 15 is 0 Å². The van der Waals surface area contributed by atoms with Crippen LogP contribution in [0.1, 0.15) is 12.8 Å². The Kier molecular flexibility index (Phi) is 4.51. The minimum absolute atomic E-state index is 0.167. The maximum atomic E-state index is 14.3. The Labute approximate surface area is 153 Å². The molecule has 0 radical (unpaired) electrons. The van der Waals surface area contributed by atoms with Crippen molar-refractivity contribution < 1.29 is 9.13 Å². The molecular weight excluding hydrogens is 357 g/mol. The number of methoxy groups -OCH3 is 1. The predicted octanol–water partition coefficient (Wildman–Crippen LogP) is 2.56. The third-order valence-corrected chi connectivity index (χ3v) is 5.40. The number of pyridine rings is 1. The first kappa shape index (κ1) is 16.9. The number of anilines is 4. The second kappa shape index (κ2) is 6.96. The fraction of sp³-hybridized carbons (Fsp3) is 0.375. The Hall–Kier alpha value is -2.59. The molecule has 3 aromatic rings. The second-order valence-corrected chi connectivity index (χ2v) is 7.01. The van der Waals surface area contributed by atoms with Crippen molar-refractivity contribution in [2.24, 2.45) is 0 Å². The van der Waals surface area contributed by atoms with E-state index in [9.17, 15) is 4.39 Å². The number of hydrogen-bond acceptors (Lipinski definition) is 9. The van der Waals surface area contributed by atoms with Crippen molar-refractivity contribution in [1.82, 2.24) is 19.9 Å². The van der Waals surface area contributed by atoms with Gasteiger partial charge >= 0.3 is 0 Å². The number of nitrogens with one attached hydrogen (secondary N) is 1. The van der Waals surface area contributed by atoms with Crippen LogP contribution in [0.2, 0.25) is 0 Å². The average molecular weight is 375 g/mol. The first-order valence-electron chi connectivity index (χ1n) is 8.21. The van der Waals surface area contributed by atoms with E-state index in [1.54, 1.807) is 13.2 Å². The van der Waals surface area contributed by atoms with Gasteiger partial charge in [0, 0.05) is 26.3 Å². The zero-order valence-corrected chi connectivity index (χ0v) is 15.0. The topological polar surface area (TPSA) is 102 Å². The highest BCUT2D eigenvalue weighted by Gasteiger charge is 2.24. The number of thiazole rings is 1. The van der Waals surface area contributed by atoms with Crippen molar-refractivity contribution in [2.75, 3.05) is 36.1 Å². The Morgan fingerprint density at radius 2 is 2.27 bits per heavy atom. The molecule has 0 aromatic carbocycles. The van der Waals surface area contributed by atoms with Gasteiger partial charge in [0.05, 0.1) is 12.3 Å². The van der Waals surface area contributed by atoms with Crippen molar-refractivity contribution in [2.45, 2.75) is 18.9 Å². The molecular formula is C16H18FN7OS. The SMILES string of the molecule is CO[C@@H]1CCCN(c2nc3c(F)cnc(Nc4cc(N)ncn4)c3s2)C1. The van der Waals surface area contributed by atoms with E-state index in [0.29, 0.717) is 27.7 Å². The van der Waals surface area contributed by atoms with Gasteiger partial charge in [-0.1, -0.05) is 11.3 Å². The lowest BCUT2D eigenvalue weighted by atomic mass is 10.1. The molecule has 1 aliphatic rings. The standard InChI is InChI=1S/C16H18FN7OS/c1-25-9-3-2-4-24(7-9)16-23-13-10(17)6-19-15(14(13)26-16)22-12-5-11(18)20-8-21-12/h5-6,8-9H,2-4,7H2,1H3,(H3,18,19,20,21,22)/t9-/m1/s1. The van der Waals surface area contributed by atoms with Crippen molar-refractivity contribution in [3.63, 3.8) is 0 Å². The molecule has 0 spiro atoms. The summed E-state index contributed by atoms with van der Waals surface area (Å²) in [6, 6.07) is 1.59. The Bertz CT molecular complexity index is 934. The normalized spacial score (nSPS) is 17.6. The van der Waals surface area contributed by atoms with Crippen LogP contribution in [0.3, 0.4) is 0 Å². The van der Waals surface area contributed by atoms with Gasteiger partial charge in [0.1, 0.15) is 28.2 Å². The van der Waals surface area contributed by atoms with Crippen molar-refractivity contribution in [3.05, 3.63) is 24.4 Å². The third kappa shape index (κ3) is 3.25. The molecule has 4 heterocycles. The van der Waals surface area contributed by atoms with Crippen LogP contribution in [0.4, 0.5) is 27.0 Å². The van der Waals surface area contributed by atoms with Gasteiger partial charge in [-0.3, -0.25) is 0 Å². The lowest BCUT2D eigenvalue weighted by Crippen LogP contribution is -2.39. The van der Waals surface area contributed by atoms with E-state index in [-0.39, 0.29) is 6.10 Å². The zero-order valence-electron chi connectivity index (χ0n) is 14.1. The average Bonchev–Trinajstić information content (AvgIpc) is 3.11. The van der Waals surface area contributed by atoms with Crippen LogP contribution in [-0.4, -0.2) is 46.2 Å². The summed E-state index contributed by atoms with van der Waals surface area (Å²) in [5, 5.41) is 3.83. The summed E-state index contributed by atoms with van der Waals surface area (Å²) in [7, 11) is 1.71. The van der Waals surface area contributed by atoms with Crippen molar-refractivity contribution in [1.29, 1.82) is 0 Å². The number of nitrogens with two attached hydrogens (primary N) is 1. The van der Waals surface area contributed by atoms with Gasteiger partial charge in [0.15, 0.2) is 16.8 Å². The van der Waals surface area contributed by atoms with Crippen LogP contribution < -0.4 is 16.0 Å². The molecule has 0 unspecified atom stereocenters. The molecule has 3 aromatic heterocycles. The van der Waals surface area contributed by atoms with Crippen molar-refractivity contribution >= 4 is 44.1 Å². The van der Waals surface area contributed by atoms with E-state index in [0.717, 1.165) is 37.3 Å². The van der Waals surface area contributed by atoms with Crippen LogP contribution >= 0.6 is 11.3 Å². The van der Waals surface area contributed by atoms with Crippen LogP contribution in [-0.2, 0) is 4.74 Å². The Morgan fingerprint density at radius 1 is 1.38 bits per heavy atom. The Balaban J connectivity index is 1.69. The molecule has 0 aliphatic carbocycles. The van der Waals surface area contributed by atoms with E-state index in [2.05, 4.69) is 30.2 Å². The fourth-order valence-corrected chi connectivity index (χ4v) is 4.02. The molecule has 0 saturated carbocycles. The lowest BCUT2D eigenvalue weighted by molar-refractivity contribution is 0.0893. The molecule has 26 heavy (non-hydrogen) atoms. The number of piperidine rings is 1. The maximum Gasteiger partial charge on any atom is 0.186 e. The molecule has 8 nitrogen and oxygen atoms in total. The zero-order chi connectivity index (χ0) is 18.1. The molecule has 1 aliphatic heterocycles. The highest BCUT2D eigenvalue weighted by molar-refractivity contribution is 7.22. The summed E-state index contributed by atoms with van der Waals surface area (Å²) < 4.78 is 20.4. The summed E-state index contributed by atoms with van der Waals surface area (Å²) in [4.78, 5) is 18.8. The Morgan fingerprint density at radius 3 is 3.08 bits per heavy atom. The summed E-state index contributed by atoms with van der Waals surface area (Å²) in [6.45, 7) is 1.62. The highest BCUT2D eigenvalue weighted by Crippen LogP contribution is 2.36. The molecule has 1 atom stereocenters. The molecule has 136 valence electrons. The highest BCUT2D eigenvalue weighted by atomic mass is 32.1. The van der Waals surface area contributed by atoms with Crippen LogP contribution in [0, 0.1) is 5.82 Å². The molecule has 4 rings (SSSR count). The maximum absolute atomic E-state index is 14.3. The summed E-state index contributed by atoms with van der Waals surface area (Å²) in [5.41, 5.74) is 5.97. The third-order valence-electron chi connectivity index (χ3n) is 4.28. The van der Waals surface area contributed by atoms with Gasteiger partial charge in [0.2, 0.25) is 0 Å². The van der Waals surface area contributed by atoms with Crippen LogP contribution in [0.25, 0.3) is 10.2 Å². The van der Waals surface area contributed by atoms with E-state index in [4.69, 9.17) is 10.5 Å². The quantitative estimate of drug-likeness (QED) is 0.717. The summed E-state index contributed by atoms with van der Waals surface area (Å²) in [5.74, 6) is 0.870. The number of nitrogens with zero attached hydrogens (tertiary/aromatic N) is 5. The summed E-state index contributed by atoms with van der Waals surface area (Å²) >= 11 is 1.40. The number of fused-ring (bicyclic) bond motifs is 1. The number of rotatable bonds is 4. The van der Waals surface area contributed by atoms with Gasteiger partial charge in [-0.2, -0.15) is 0 Å². The van der Waals surface area contributed by atoms with Crippen molar-refractivity contribution in [3.8, 4) is 0 Å². The lowest BCUT2D eigenvalue weighted by Gasteiger charge is -2.31. The number of ether oxygens (including phenoxy) is 1. The predicted molar refractivity (Wildman–Crippen MR) is 99.3 cm³/mol. The monoisotopic (exact) mass is 375 g/mol. The molecule has 0 bridgehead atoms. The minimum Gasteiger partial charge on any atom is -0.384 e. The first-order valence-corrected chi connectivity index (χ1v) is 9.03. The molecule has 0 amide bonds. The van der Waals surface area contributed by atoms with E-state index in [1.807, 2.05) is 0 Å². The minimum atomic E-state index is -0.449. The van der Waals surface area contributed by atoms with E-state index < -0.39 is 5.82 Å². The smallest absolute Gasteiger partial charge is 0.186 e. The second-order valence-electron chi connectivity index (χ2n) is 6.03. The molecule has 10 heteroatoms. The largest absolute Gasteiger partial charge is 0.384 e. The number of aromatic nitrogens is 4. The number of halogens is 1. The first-order chi connectivity index (χ1) is 12.6. The molecule has 1 fully saturated rings. The van der Waals surface area contributed by atoms with Gasteiger partial charge in [-0.15, -0.1) is 0 Å².